The van der Waals surface area contributed by atoms with Gasteiger partial charge in [0, 0.05) is 44.9 Å². The maximum absolute atomic E-state index is 12.6. The van der Waals surface area contributed by atoms with Gasteiger partial charge in [-0.3, -0.25) is 4.79 Å². The van der Waals surface area contributed by atoms with E-state index in [2.05, 4.69) is 5.32 Å². The van der Waals surface area contributed by atoms with Crippen LogP contribution in [-0.2, 0) is 23.3 Å². The van der Waals surface area contributed by atoms with Crippen molar-refractivity contribution < 1.29 is 17.9 Å². The van der Waals surface area contributed by atoms with Gasteiger partial charge in [-0.2, -0.15) is 17.0 Å². The van der Waals surface area contributed by atoms with Gasteiger partial charge in [0.05, 0.1) is 0 Å². The molecule has 2 aromatic carbocycles. The summed E-state index contributed by atoms with van der Waals surface area (Å²) in [6.45, 7) is 3.12. The van der Waals surface area contributed by atoms with Crippen molar-refractivity contribution in [2.45, 2.75) is 20.0 Å². The number of carbonyl (C=O) groups is 1. The highest BCUT2D eigenvalue weighted by Crippen LogP contribution is 2.26. The summed E-state index contributed by atoms with van der Waals surface area (Å²) in [5.74, 6) is 0.390. The summed E-state index contributed by atoms with van der Waals surface area (Å²) in [5.41, 5.74) is 3.32. The number of hydrogen-bond donors (Lipinski definition) is 1. The smallest absolute Gasteiger partial charge is 0.281 e. The first kappa shape index (κ1) is 20.3. The van der Waals surface area contributed by atoms with Gasteiger partial charge in [-0.05, 0) is 30.7 Å². The molecule has 0 saturated heterocycles. The molecule has 28 heavy (non-hydrogen) atoms. The molecule has 1 aliphatic rings. The Labute approximate surface area is 166 Å². The van der Waals surface area contributed by atoms with Crippen LogP contribution < -0.4 is 10.1 Å². The van der Waals surface area contributed by atoms with E-state index in [1.165, 1.54) is 22.7 Å². The van der Waals surface area contributed by atoms with Crippen molar-refractivity contribution >= 4 is 16.1 Å². The Kier molecular flexibility index (Phi) is 6.02. The number of ether oxygens (including phenoxy) is 1. The monoisotopic (exact) mass is 403 g/mol. The molecular weight excluding hydrogens is 378 g/mol. The summed E-state index contributed by atoms with van der Waals surface area (Å²) in [5, 5.41) is 2.90. The third-order valence-electron chi connectivity index (χ3n) is 4.63. The van der Waals surface area contributed by atoms with Crippen LogP contribution in [0.2, 0.25) is 0 Å². The summed E-state index contributed by atoms with van der Waals surface area (Å²) in [4.78, 5) is 12.6. The number of carbonyl (C=O) groups excluding carboxylic acids is 1. The normalized spacial score (nSPS) is 14.9. The molecule has 8 heteroatoms. The minimum Gasteiger partial charge on any atom is -0.492 e. The molecule has 1 N–H and O–H groups in total. The molecule has 1 aliphatic heterocycles. The molecule has 0 radical (unpaired) electrons. The van der Waals surface area contributed by atoms with Crippen molar-refractivity contribution in [2.24, 2.45) is 0 Å². The number of fused-ring (bicyclic) bond motifs is 1. The van der Waals surface area contributed by atoms with Crippen molar-refractivity contribution in [1.82, 2.24) is 13.9 Å². The van der Waals surface area contributed by atoms with Crippen molar-refractivity contribution in [2.75, 3.05) is 27.2 Å². The lowest BCUT2D eigenvalue weighted by molar-refractivity contribution is 0.0950. The summed E-state index contributed by atoms with van der Waals surface area (Å²) in [6, 6.07) is 13.1. The van der Waals surface area contributed by atoms with Crippen LogP contribution in [0.4, 0.5) is 0 Å². The molecule has 0 unspecified atom stereocenters. The highest BCUT2D eigenvalue weighted by molar-refractivity contribution is 7.86. The second-order valence-electron chi connectivity index (χ2n) is 6.96. The largest absolute Gasteiger partial charge is 0.492 e. The van der Waals surface area contributed by atoms with Crippen LogP contribution >= 0.6 is 0 Å². The molecule has 3 rings (SSSR count). The van der Waals surface area contributed by atoms with Crippen LogP contribution in [0.25, 0.3) is 0 Å². The molecule has 0 aliphatic carbocycles. The predicted molar refractivity (Wildman–Crippen MR) is 107 cm³/mol. The van der Waals surface area contributed by atoms with Gasteiger partial charge in [-0.1, -0.05) is 29.8 Å². The Morgan fingerprint density at radius 2 is 1.89 bits per heavy atom. The van der Waals surface area contributed by atoms with E-state index < -0.39 is 10.2 Å². The van der Waals surface area contributed by atoms with E-state index in [9.17, 15) is 13.2 Å². The second-order valence-corrected chi connectivity index (χ2v) is 9.11. The lowest BCUT2D eigenvalue weighted by Gasteiger charge is -2.23. The van der Waals surface area contributed by atoms with E-state index in [0.717, 1.165) is 11.1 Å². The van der Waals surface area contributed by atoms with Crippen LogP contribution in [0.3, 0.4) is 0 Å². The highest BCUT2D eigenvalue weighted by atomic mass is 32.2. The number of nitrogens with one attached hydrogen (secondary N) is 1. The van der Waals surface area contributed by atoms with Gasteiger partial charge in [0.2, 0.25) is 0 Å². The van der Waals surface area contributed by atoms with Crippen molar-refractivity contribution in [3.05, 3.63) is 64.7 Å². The number of hydrogen-bond acceptors (Lipinski definition) is 4. The molecule has 1 amide bonds. The predicted octanol–water partition coefficient (Wildman–Crippen LogP) is 1.93. The molecule has 0 fully saturated rings. The molecule has 1 heterocycles. The van der Waals surface area contributed by atoms with E-state index in [0.29, 0.717) is 23.4 Å². The molecular formula is C20H25N3O4S. The van der Waals surface area contributed by atoms with E-state index in [1.54, 1.807) is 18.2 Å². The minimum absolute atomic E-state index is 0.162. The van der Waals surface area contributed by atoms with Crippen LogP contribution in [-0.4, -0.2) is 50.2 Å². The fourth-order valence-electron chi connectivity index (χ4n) is 2.93. The molecule has 0 aromatic heterocycles. The molecule has 0 saturated carbocycles. The minimum atomic E-state index is -3.56. The Bertz CT molecular complexity index is 956. The summed E-state index contributed by atoms with van der Waals surface area (Å²) in [6.07, 6.45) is 0. The Hall–Kier alpha value is -2.42. The Morgan fingerprint density at radius 1 is 1.18 bits per heavy atom. The molecule has 0 spiro atoms. The number of nitrogens with zero attached hydrogens (tertiary/aromatic N) is 2. The first-order valence-electron chi connectivity index (χ1n) is 9.04. The topological polar surface area (TPSA) is 79.0 Å². The molecule has 150 valence electrons. The third-order valence-corrected chi connectivity index (χ3v) is 6.52. The lowest BCUT2D eigenvalue weighted by Crippen LogP contribution is -2.40. The van der Waals surface area contributed by atoms with Crippen molar-refractivity contribution in [3.8, 4) is 5.75 Å². The average Bonchev–Trinajstić information content (AvgIpc) is 2.89. The van der Waals surface area contributed by atoms with Gasteiger partial charge >= 0.3 is 0 Å². The standard InChI is InChI=1S/C20H25N3O4S/c1-15-4-6-16(7-5-15)13-21-20(24)17-8-9-19-18(12-17)14-23(10-11-27-19)28(25,26)22(2)3/h4-9,12H,10-11,13-14H2,1-3H3,(H,21,24). The van der Waals surface area contributed by atoms with Gasteiger partial charge < -0.3 is 10.1 Å². The van der Waals surface area contributed by atoms with Gasteiger partial charge in [-0.15, -0.1) is 0 Å². The second kappa shape index (κ2) is 8.30. The first-order valence-corrected chi connectivity index (χ1v) is 10.4. The van der Waals surface area contributed by atoms with Gasteiger partial charge in [0.1, 0.15) is 12.4 Å². The zero-order valence-electron chi connectivity index (χ0n) is 16.3. The lowest BCUT2D eigenvalue weighted by atomic mass is 10.1. The van der Waals surface area contributed by atoms with Crippen LogP contribution in [0, 0.1) is 6.92 Å². The van der Waals surface area contributed by atoms with Gasteiger partial charge in [-0.25, -0.2) is 0 Å². The zero-order chi connectivity index (χ0) is 20.3. The maximum Gasteiger partial charge on any atom is 0.281 e. The highest BCUT2D eigenvalue weighted by Gasteiger charge is 2.28. The zero-order valence-corrected chi connectivity index (χ0v) is 17.1. The molecule has 0 bridgehead atoms. The Morgan fingerprint density at radius 3 is 2.57 bits per heavy atom. The van der Waals surface area contributed by atoms with Crippen molar-refractivity contribution in [3.63, 3.8) is 0 Å². The van der Waals surface area contributed by atoms with Crippen LogP contribution in [0.1, 0.15) is 27.0 Å². The van der Waals surface area contributed by atoms with Crippen LogP contribution in [0.5, 0.6) is 5.75 Å². The fraction of sp³-hybridized carbons (Fsp3) is 0.350. The molecule has 7 nitrogen and oxygen atoms in total. The SMILES string of the molecule is Cc1ccc(CNC(=O)c2ccc3c(c2)CN(S(=O)(=O)N(C)C)CCO3)cc1. The molecule has 2 aromatic rings. The molecule has 0 atom stereocenters. The third kappa shape index (κ3) is 4.52. The van der Waals surface area contributed by atoms with E-state index in [-0.39, 0.29) is 25.6 Å². The number of benzene rings is 2. The van der Waals surface area contributed by atoms with E-state index in [1.807, 2.05) is 31.2 Å². The van der Waals surface area contributed by atoms with Gasteiger partial charge in [0.15, 0.2) is 0 Å². The number of amides is 1. The summed E-state index contributed by atoms with van der Waals surface area (Å²) >= 11 is 0. The summed E-state index contributed by atoms with van der Waals surface area (Å²) < 4.78 is 33.1. The first-order chi connectivity index (χ1) is 13.3. The van der Waals surface area contributed by atoms with Crippen LogP contribution in [0.15, 0.2) is 42.5 Å². The van der Waals surface area contributed by atoms with E-state index in [4.69, 9.17) is 4.74 Å². The summed E-state index contributed by atoms with van der Waals surface area (Å²) in [7, 11) is -0.569. The number of aryl methyl sites for hydroxylation is 1. The quantitative estimate of drug-likeness (QED) is 0.827. The Balaban J connectivity index is 1.75. The van der Waals surface area contributed by atoms with E-state index >= 15 is 0 Å². The van der Waals surface area contributed by atoms with Gasteiger partial charge in [0.25, 0.3) is 16.1 Å². The fourth-order valence-corrected chi connectivity index (χ4v) is 4.00. The maximum atomic E-state index is 12.6. The number of rotatable bonds is 5. The average molecular weight is 404 g/mol. The van der Waals surface area contributed by atoms with Crippen molar-refractivity contribution in [1.29, 1.82) is 0 Å².